The van der Waals surface area contributed by atoms with E-state index in [2.05, 4.69) is 18.7 Å². The van der Waals surface area contributed by atoms with Crippen molar-refractivity contribution in [3.8, 4) is 0 Å². The van der Waals surface area contributed by atoms with Gasteiger partial charge in [-0.2, -0.15) is 0 Å². The first-order valence-electron chi connectivity index (χ1n) is 5.28. The van der Waals surface area contributed by atoms with Gasteiger partial charge in [-0.25, -0.2) is 4.39 Å². The quantitative estimate of drug-likeness (QED) is 0.728. The summed E-state index contributed by atoms with van der Waals surface area (Å²) in [5.74, 6) is 0.211. The van der Waals surface area contributed by atoms with Crippen LogP contribution >= 0.6 is 23.2 Å². The molecule has 0 unspecified atom stereocenters. The van der Waals surface area contributed by atoms with Gasteiger partial charge in [0.1, 0.15) is 5.82 Å². The molecule has 0 heterocycles. The van der Waals surface area contributed by atoms with Crippen LogP contribution in [-0.2, 0) is 6.54 Å². The van der Waals surface area contributed by atoms with Gasteiger partial charge in [-0.15, -0.1) is 11.6 Å². The lowest BCUT2D eigenvalue weighted by atomic mass is 10.2. The summed E-state index contributed by atoms with van der Waals surface area (Å²) in [6, 6.07) is 5.30. The second-order valence-electron chi connectivity index (χ2n) is 4.00. The van der Waals surface area contributed by atoms with E-state index in [1.54, 1.807) is 6.07 Å². The van der Waals surface area contributed by atoms with Gasteiger partial charge in [0.15, 0.2) is 0 Å². The summed E-state index contributed by atoms with van der Waals surface area (Å²) in [5.41, 5.74) is 0.917. The van der Waals surface area contributed by atoms with Crippen molar-refractivity contribution >= 4 is 23.2 Å². The Labute approximate surface area is 106 Å². The van der Waals surface area contributed by atoms with Crippen molar-refractivity contribution in [2.45, 2.75) is 26.4 Å². The SMILES string of the molecule is CC(C)N(CCCl)Cc1ccc(Cl)c(F)c1. The van der Waals surface area contributed by atoms with Crippen LogP contribution < -0.4 is 0 Å². The molecule has 0 aliphatic heterocycles. The van der Waals surface area contributed by atoms with Gasteiger partial charge in [-0.05, 0) is 31.5 Å². The molecule has 0 aliphatic carbocycles. The lowest BCUT2D eigenvalue weighted by Crippen LogP contribution is -2.32. The highest BCUT2D eigenvalue weighted by molar-refractivity contribution is 6.30. The summed E-state index contributed by atoms with van der Waals surface area (Å²) in [6.45, 7) is 5.68. The maximum atomic E-state index is 13.2. The number of halogens is 3. The van der Waals surface area contributed by atoms with Gasteiger partial charge in [0.2, 0.25) is 0 Å². The van der Waals surface area contributed by atoms with Gasteiger partial charge in [-0.1, -0.05) is 17.7 Å². The van der Waals surface area contributed by atoms with Crippen molar-refractivity contribution in [1.29, 1.82) is 0 Å². The molecular weight excluding hydrogens is 248 g/mol. The number of hydrogen-bond donors (Lipinski definition) is 0. The molecule has 0 atom stereocenters. The Bertz CT molecular complexity index is 342. The highest BCUT2D eigenvalue weighted by atomic mass is 35.5. The molecule has 1 aromatic carbocycles. The van der Waals surface area contributed by atoms with Crippen LogP contribution in [0.1, 0.15) is 19.4 Å². The maximum absolute atomic E-state index is 13.2. The third kappa shape index (κ3) is 3.93. The first-order valence-corrected chi connectivity index (χ1v) is 6.19. The number of benzene rings is 1. The van der Waals surface area contributed by atoms with Crippen LogP contribution in [0.4, 0.5) is 4.39 Å². The summed E-state index contributed by atoms with van der Waals surface area (Å²) >= 11 is 11.4. The zero-order valence-electron chi connectivity index (χ0n) is 9.51. The van der Waals surface area contributed by atoms with E-state index >= 15 is 0 Å². The Hall–Kier alpha value is -0.310. The molecule has 0 amide bonds. The van der Waals surface area contributed by atoms with E-state index in [-0.39, 0.29) is 10.8 Å². The predicted molar refractivity (Wildman–Crippen MR) is 67.7 cm³/mol. The minimum atomic E-state index is -0.367. The third-order valence-corrected chi connectivity index (χ3v) is 2.95. The van der Waals surface area contributed by atoms with Crippen molar-refractivity contribution in [2.24, 2.45) is 0 Å². The van der Waals surface area contributed by atoms with Crippen molar-refractivity contribution in [3.63, 3.8) is 0 Å². The first-order chi connectivity index (χ1) is 7.54. The molecule has 0 spiro atoms. The monoisotopic (exact) mass is 263 g/mol. The Morgan fingerprint density at radius 1 is 1.38 bits per heavy atom. The second-order valence-corrected chi connectivity index (χ2v) is 4.79. The van der Waals surface area contributed by atoms with Crippen molar-refractivity contribution in [3.05, 3.63) is 34.6 Å². The fourth-order valence-corrected chi connectivity index (χ4v) is 1.84. The molecule has 0 aromatic heterocycles. The van der Waals surface area contributed by atoms with Crippen molar-refractivity contribution in [1.82, 2.24) is 4.90 Å². The number of nitrogens with zero attached hydrogens (tertiary/aromatic N) is 1. The van der Waals surface area contributed by atoms with Crippen LogP contribution in [0.25, 0.3) is 0 Å². The molecule has 0 N–H and O–H groups in total. The molecule has 0 saturated heterocycles. The molecular formula is C12H16Cl2FN. The molecule has 1 nitrogen and oxygen atoms in total. The first kappa shape index (κ1) is 13.8. The van der Waals surface area contributed by atoms with Crippen LogP contribution in [0, 0.1) is 5.82 Å². The van der Waals surface area contributed by atoms with Gasteiger partial charge in [-0.3, -0.25) is 4.90 Å². The van der Waals surface area contributed by atoms with Crippen LogP contribution in [-0.4, -0.2) is 23.4 Å². The Morgan fingerprint density at radius 2 is 2.06 bits per heavy atom. The van der Waals surface area contributed by atoms with E-state index in [9.17, 15) is 4.39 Å². The minimum absolute atomic E-state index is 0.164. The average Bonchev–Trinajstić information content (AvgIpc) is 2.22. The summed E-state index contributed by atoms with van der Waals surface area (Å²) < 4.78 is 13.2. The highest BCUT2D eigenvalue weighted by Gasteiger charge is 2.10. The fourth-order valence-electron chi connectivity index (χ4n) is 1.50. The van der Waals surface area contributed by atoms with Gasteiger partial charge in [0.05, 0.1) is 5.02 Å². The molecule has 0 aliphatic rings. The van der Waals surface area contributed by atoms with Gasteiger partial charge in [0.25, 0.3) is 0 Å². The van der Waals surface area contributed by atoms with Crippen LogP contribution in [0.2, 0.25) is 5.02 Å². The molecule has 16 heavy (non-hydrogen) atoms. The number of hydrogen-bond acceptors (Lipinski definition) is 1. The van der Waals surface area contributed by atoms with Crippen molar-refractivity contribution in [2.75, 3.05) is 12.4 Å². The molecule has 1 rings (SSSR count). The number of rotatable bonds is 5. The van der Waals surface area contributed by atoms with E-state index in [1.807, 2.05) is 6.07 Å². The molecule has 90 valence electrons. The van der Waals surface area contributed by atoms with Crippen LogP contribution in [0.5, 0.6) is 0 Å². The normalized spacial score (nSPS) is 11.4. The lowest BCUT2D eigenvalue weighted by molar-refractivity contribution is 0.226. The number of alkyl halides is 1. The molecule has 0 bridgehead atoms. The van der Waals surface area contributed by atoms with Crippen LogP contribution in [0.3, 0.4) is 0 Å². The van der Waals surface area contributed by atoms with Gasteiger partial charge in [0, 0.05) is 25.0 Å². The second kappa shape index (κ2) is 6.43. The standard InChI is InChI=1S/C12H16Cl2FN/c1-9(2)16(6-5-13)8-10-3-4-11(14)12(15)7-10/h3-4,7,9H,5-6,8H2,1-2H3. The van der Waals surface area contributed by atoms with E-state index in [0.717, 1.165) is 12.1 Å². The average molecular weight is 264 g/mol. The largest absolute Gasteiger partial charge is 0.296 e. The van der Waals surface area contributed by atoms with E-state index < -0.39 is 0 Å². The molecule has 0 radical (unpaired) electrons. The smallest absolute Gasteiger partial charge is 0.142 e. The van der Waals surface area contributed by atoms with E-state index in [0.29, 0.717) is 18.5 Å². The summed E-state index contributed by atoms with van der Waals surface area (Å²) in [4.78, 5) is 2.19. The Morgan fingerprint density at radius 3 is 2.56 bits per heavy atom. The summed E-state index contributed by atoms with van der Waals surface area (Å²) in [6.07, 6.45) is 0. The van der Waals surface area contributed by atoms with E-state index in [4.69, 9.17) is 23.2 Å². The summed E-state index contributed by atoms with van der Waals surface area (Å²) in [7, 11) is 0. The third-order valence-electron chi connectivity index (χ3n) is 2.47. The topological polar surface area (TPSA) is 3.24 Å². The zero-order valence-corrected chi connectivity index (χ0v) is 11.0. The van der Waals surface area contributed by atoms with Crippen molar-refractivity contribution < 1.29 is 4.39 Å². The molecule has 4 heteroatoms. The van der Waals surface area contributed by atoms with E-state index in [1.165, 1.54) is 6.07 Å². The Balaban J connectivity index is 2.73. The maximum Gasteiger partial charge on any atom is 0.142 e. The van der Waals surface area contributed by atoms with Gasteiger partial charge < -0.3 is 0 Å². The molecule has 0 saturated carbocycles. The minimum Gasteiger partial charge on any atom is -0.296 e. The molecule has 0 fully saturated rings. The lowest BCUT2D eigenvalue weighted by Gasteiger charge is -2.25. The zero-order chi connectivity index (χ0) is 12.1. The van der Waals surface area contributed by atoms with Gasteiger partial charge >= 0.3 is 0 Å². The summed E-state index contributed by atoms with van der Waals surface area (Å²) in [5, 5.41) is 0.164. The van der Waals surface area contributed by atoms with Crippen LogP contribution in [0.15, 0.2) is 18.2 Å². The fraction of sp³-hybridized carbons (Fsp3) is 0.500. The highest BCUT2D eigenvalue weighted by Crippen LogP contribution is 2.17. The Kier molecular flexibility index (Phi) is 5.53. The predicted octanol–water partition coefficient (Wildman–Crippen LogP) is 3.93. The molecule has 1 aromatic rings.